The van der Waals surface area contributed by atoms with Crippen LogP contribution in [-0.2, 0) is 6.42 Å². The summed E-state index contributed by atoms with van der Waals surface area (Å²) in [5, 5.41) is 3.38. The highest BCUT2D eigenvalue weighted by Crippen LogP contribution is 2.05. The van der Waals surface area contributed by atoms with Crippen molar-refractivity contribution in [3.8, 4) is 0 Å². The Hall–Kier alpha value is -1.76. The third-order valence-electron chi connectivity index (χ3n) is 2.30. The van der Waals surface area contributed by atoms with E-state index >= 15 is 0 Å². The first kappa shape index (κ1) is 9.78. The molecule has 0 atom stereocenters. The molecular formula is C14H14N. The molecule has 0 amide bonds. The first-order chi connectivity index (χ1) is 7.45. The first-order valence-corrected chi connectivity index (χ1v) is 5.19. The van der Waals surface area contributed by atoms with Crippen molar-refractivity contribution in [2.75, 3.05) is 11.9 Å². The van der Waals surface area contributed by atoms with Gasteiger partial charge in [-0.25, -0.2) is 0 Å². The van der Waals surface area contributed by atoms with Crippen molar-refractivity contribution < 1.29 is 0 Å². The van der Waals surface area contributed by atoms with Gasteiger partial charge in [-0.3, -0.25) is 0 Å². The van der Waals surface area contributed by atoms with Crippen molar-refractivity contribution in [1.82, 2.24) is 0 Å². The fraction of sp³-hybridized carbons (Fsp3) is 0.143. The maximum absolute atomic E-state index is 3.38. The topological polar surface area (TPSA) is 12.0 Å². The van der Waals surface area contributed by atoms with Gasteiger partial charge in [0.05, 0.1) is 0 Å². The number of hydrogen-bond donors (Lipinski definition) is 1. The quantitative estimate of drug-likeness (QED) is 0.792. The van der Waals surface area contributed by atoms with Crippen LogP contribution in [0.25, 0.3) is 0 Å². The van der Waals surface area contributed by atoms with Gasteiger partial charge in [-0.2, -0.15) is 0 Å². The average molecular weight is 196 g/mol. The van der Waals surface area contributed by atoms with Crippen LogP contribution in [0.5, 0.6) is 0 Å². The normalized spacial score (nSPS) is 9.87. The summed E-state index contributed by atoms with van der Waals surface area (Å²) < 4.78 is 0. The van der Waals surface area contributed by atoms with Gasteiger partial charge in [0.1, 0.15) is 0 Å². The van der Waals surface area contributed by atoms with Gasteiger partial charge in [-0.05, 0) is 30.2 Å². The largest absolute Gasteiger partial charge is 0.385 e. The number of anilines is 1. The highest BCUT2D eigenvalue weighted by Gasteiger charge is 1.91. The highest BCUT2D eigenvalue weighted by atomic mass is 14.9. The standard InChI is InChI=1S/C14H14N/c1-3-7-13(8-4-1)11-12-15-14-9-5-2-6-10-14/h2-10,15H,11-12H2. The molecular weight excluding hydrogens is 182 g/mol. The zero-order valence-corrected chi connectivity index (χ0v) is 8.61. The smallest absolute Gasteiger partial charge is 0.0340 e. The number of hydrogen-bond acceptors (Lipinski definition) is 1. The van der Waals surface area contributed by atoms with Crippen LogP contribution >= 0.6 is 0 Å². The van der Waals surface area contributed by atoms with E-state index < -0.39 is 0 Å². The molecule has 0 aliphatic heterocycles. The molecule has 1 N–H and O–H groups in total. The maximum atomic E-state index is 3.38. The summed E-state index contributed by atoms with van der Waals surface area (Å²) in [6, 6.07) is 21.4. The lowest BCUT2D eigenvalue weighted by Crippen LogP contribution is -2.04. The lowest BCUT2D eigenvalue weighted by Gasteiger charge is -2.05. The number of rotatable bonds is 4. The molecule has 0 unspecified atom stereocenters. The number of para-hydroxylation sites is 1. The summed E-state index contributed by atoms with van der Waals surface area (Å²) in [6.07, 6.45) is 1.05. The summed E-state index contributed by atoms with van der Waals surface area (Å²) >= 11 is 0. The molecule has 1 nitrogen and oxygen atoms in total. The molecule has 2 rings (SSSR count). The van der Waals surface area contributed by atoms with Gasteiger partial charge in [-0.15, -0.1) is 0 Å². The fourth-order valence-electron chi connectivity index (χ4n) is 1.50. The van der Waals surface area contributed by atoms with Crippen LogP contribution in [-0.4, -0.2) is 6.54 Å². The Morgan fingerprint density at radius 2 is 1.67 bits per heavy atom. The van der Waals surface area contributed by atoms with E-state index in [0.717, 1.165) is 13.0 Å². The van der Waals surface area contributed by atoms with Crippen molar-refractivity contribution in [2.24, 2.45) is 0 Å². The molecule has 0 aliphatic carbocycles. The lowest BCUT2D eigenvalue weighted by atomic mass is 10.1. The zero-order valence-electron chi connectivity index (χ0n) is 8.61. The van der Waals surface area contributed by atoms with E-state index in [-0.39, 0.29) is 0 Å². The van der Waals surface area contributed by atoms with Crippen LogP contribution in [0.15, 0.2) is 54.6 Å². The Morgan fingerprint density at radius 1 is 0.933 bits per heavy atom. The molecule has 0 aliphatic rings. The molecule has 2 aromatic rings. The van der Waals surface area contributed by atoms with Gasteiger partial charge in [0, 0.05) is 12.2 Å². The Morgan fingerprint density at radius 3 is 2.40 bits per heavy atom. The first-order valence-electron chi connectivity index (χ1n) is 5.19. The summed E-state index contributed by atoms with van der Waals surface area (Å²) in [5.41, 5.74) is 2.53. The van der Waals surface area contributed by atoms with Crippen molar-refractivity contribution >= 4 is 5.69 Å². The monoisotopic (exact) mass is 196 g/mol. The molecule has 0 aromatic heterocycles. The summed E-state index contributed by atoms with van der Waals surface area (Å²) in [4.78, 5) is 0. The second-order valence-corrected chi connectivity index (χ2v) is 3.45. The summed E-state index contributed by atoms with van der Waals surface area (Å²) in [5.74, 6) is 0. The molecule has 2 aromatic carbocycles. The molecule has 75 valence electrons. The molecule has 0 heterocycles. The molecule has 0 saturated carbocycles. The Labute approximate surface area is 90.8 Å². The van der Waals surface area contributed by atoms with Gasteiger partial charge in [0.15, 0.2) is 0 Å². The molecule has 0 bridgehead atoms. The van der Waals surface area contributed by atoms with Gasteiger partial charge in [0.25, 0.3) is 0 Å². The van der Waals surface area contributed by atoms with Crippen molar-refractivity contribution in [3.63, 3.8) is 0 Å². The molecule has 15 heavy (non-hydrogen) atoms. The van der Waals surface area contributed by atoms with E-state index in [1.54, 1.807) is 0 Å². The third-order valence-corrected chi connectivity index (χ3v) is 2.30. The van der Waals surface area contributed by atoms with E-state index in [9.17, 15) is 0 Å². The minimum atomic E-state index is 0.966. The predicted octanol–water partition coefficient (Wildman–Crippen LogP) is 3.14. The average Bonchev–Trinajstić information content (AvgIpc) is 2.32. The second-order valence-electron chi connectivity index (χ2n) is 3.45. The minimum Gasteiger partial charge on any atom is -0.385 e. The Bertz CT molecular complexity index is 341. The van der Waals surface area contributed by atoms with Crippen molar-refractivity contribution in [2.45, 2.75) is 6.42 Å². The lowest BCUT2D eigenvalue weighted by molar-refractivity contribution is 1.02. The molecule has 0 saturated heterocycles. The summed E-state index contributed by atoms with van der Waals surface area (Å²) in [6.45, 7) is 0.966. The highest BCUT2D eigenvalue weighted by molar-refractivity contribution is 5.42. The van der Waals surface area contributed by atoms with Crippen LogP contribution in [0, 0.1) is 6.07 Å². The fourth-order valence-corrected chi connectivity index (χ4v) is 1.50. The zero-order chi connectivity index (χ0) is 10.3. The van der Waals surface area contributed by atoms with Crippen molar-refractivity contribution in [1.29, 1.82) is 0 Å². The van der Waals surface area contributed by atoms with E-state index in [0.29, 0.717) is 0 Å². The molecule has 1 radical (unpaired) electrons. The van der Waals surface area contributed by atoms with Gasteiger partial charge >= 0.3 is 0 Å². The minimum absolute atomic E-state index is 0.966. The van der Waals surface area contributed by atoms with Crippen LogP contribution in [0.2, 0.25) is 0 Å². The second kappa shape index (κ2) is 5.20. The van der Waals surface area contributed by atoms with Crippen LogP contribution in [0.4, 0.5) is 5.69 Å². The van der Waals surface area contributed by atoms with Crippen LogP contribution < -0.4 is 5.32 Å². The number of nitrogens with one attached hydrogen (secondary N) is 1. The molecule has 1 heteroatoms. The van der Waals surface area contributed by atoms with Gasteiger partial charge < -0.3 is 5.32 Å². The van der Waals surface area contributed by atoms with E-state index in [1.807, 2.05) is 30.3 Å². The van der Waals surface area contributed by atoms with E-state index in [1.165, 1.54) is 11.3 Å². The SMILES string of the molecule is [c]1ccc(CCNc2ccccc2)cc1. The van der Waals surface area contributed by atoms with Gasteiger partial charge in [0.2, 0.25) is 0 Å². The van der Waals surface area contributed by atoms with Crippen LogP contribution in [0.3, 0.4) is 0 Å². The Balaban J connectivity index is 1.81. The maximum Gasteiger partial charge on any atom is 0.0340 e. The van der Waals surface area contributed by atoms with Crippen molar-refractivity contribution in [3.05, 3.63) is 66.2 Å². The predicted molar refractivity (Wildman–Crippen MR) is 63.9 cm³/mol. The number of benzene rings is 2. The third kappa shape index (κ3) is 3.13. The molecule has 0 spiro atoms. The van der Waals surface area contributed by atoms with E-state index in [2.05, 4.69) is 35.6 Å². The summed E-state index contributed by atoms with van der Waals surface area (Å²) in [7, 11) is 0. The Kier molecular flexibility index (Phi) is 3.39. The van der Waals surface area contributed by atoms with Crippen LogP contribution in [0.1, 0.15) is 5.56 Å². The molecule has 0 fully saturated rings. The van der Waals surface area contributed by atoms with E-state index in [4.69, 9.17) is 0 Å². The van der Waals surface area contributed by atoms with Gasteiger partial charge in [-0.1, -0.05) is 42.5 Å².